The molecule has 0 bridgehead atoms. The van der Waals surface area contributed by atoms with E-state index in [1.165, 1.54) is 0 Å². The van der Waals surface area contributed by atoms with Crippen molar-refractivity contribution in [3.05, 3.63) is 29.1 Å². The van der Waals surface area contributed by atoms with Crippen LogP contribution in [0.3, 0.4) is 0 Å². The molecule has 1 aliphatic rings. The van der Waals surface area contributed by atoms with Gasteiger partial charge in [0.2, 0.25) is 0 Å². The Balaban J connectivity index is 2.20. The normalized spacial score (nSPS) is 22.9. The van der Waals surface area contributed by atoms with E-state index in [9.17, 15) is 10.1 Å². The van der Waals surface area contributed by atoms with Crippen LogP contribution in [0.25, 0.3) is 0 Å². The van der Waals surface area contributed by atoms with Gasteiger partial charge in [0.1, 0.15) is 0 Å². The third-order valence-corrected chi connectivity index (χ3v) is 3.84. The highest BCUT2D eigenvalue weighted by Crippen LogP contribution is 2.29. The molecule has 0 radical (unpaired) electrons. The van der Waals surface area contributed by atoms with Crippen LogP contribution in [0.4, 0.5) is 0 Å². The lowest BCUT2D eigenvalue weighted by Gasteiger charge is -2.36. The van der Waals surface area contributed by atoms with Gasteiger partial charge in [0.25, 0.3) is 5.91 Å². The van der Waals surface area contributed by atoms with Gasteiger partial charge < -0.3 is 4.90 Å². The molecule has 0 unspecified atom stereocenters. The number of carbonyl (C=O) groups is 1. The van der Waals surface area contributed by atoms with E-state index in [2.05, 4.69) is 11.1 Å². The van der Waals surface area contributed by atoms with Crippen molar-refractivity contribution in [1.82, 2.24) is 9.88 Å². The van der Waals surface area contributed by atoms with Crippen molar-refractivity contribution in [2.45, 2.75) is 33.6 Å². The average Bonchev–Trinajstić information content (AvgIpc) is 2.41. The number of piperidine rings is 1. The Kier molecular flexibility index (Phi) is 3.57. The summed E-state index contributed by atoms with van der Waals surface area (Å²) in [7, 11) is 0. The molecule has 1 saturated heterocycles. The van der Waals surface area contributed by atoms with Crippen LogP contribution in [0, 0.1) is 30.6 Å². The molecule has 4 nitrogen and oxygen atoms in total. The van der Waals surface area contributed by atoms with Crippen LogP contribution in [0.2, 0.25) is 0 Å². The molecule has 1 fully saturated rings. The van der Waals surface area contributed by atoms with Gasteiger partial charge in [-0.15, -0.1) is 0 Å². The minimum absolute atomic E-state index is 0.0169. The number of amides is 1. The van der Waals surface area contributed by atoms with Crippen molar-refractivity contribution in [3.63, 3.8) is 0 Å². The maximum Gasteiger partial charge on any atom is 0.255 e. The molecular formula is C15H19N3O. The average molecular weight is 257 g/mol. The highest BCUT2D eigenvalue weighted by Gasteiger charge is 2.33. The maximum absolute atomic E-state index is 12.4. The summed E-state index contributed by atoms with van der Waals surface area (Å²) in [6.45, 7) is 7.04. The van der Waals surface area contributed by atoms with E-state index in [1.54, 1.807) is 11.1 Å². The van der Waals surface area contributed by atoms with Crippen molar-refractivity contribution in [2.24, 2.45) is 5.41 Å². The zero-order chi connectivity index (χ0) is 14.0. The van der Waals surface area contributed by atoms with Crippen molar-refractivity contribution < 1.29 is 4.79 Å². The smallest absolute Gasteiger partial charge is 0.255 e. The molecule has 2 rings (SSSR count). The molecule has 0 spiro atoms. The molecule has 1 atom stereocenters. The molecule has 4 heteroatoms. The van der Waals surface area contributed by atoms with Crippen LogP contribution in [0.5, 0.6) is 0 Å². The molecule has 1 aromatic heterocycles. The van der Waals surface area contributed by atoms with Crippen LogP contribution in [0.15, 0.2) is 12.3 Å². The second kappa shape index (κ2) is 5.00. The number of hydrogen-bond donors (Lipinski definition) is 0. The maximum atomic E-state index is 12.4. The van der Waals surface area contributed by atoms with E-state index >= 15 is 0 Å². The first-order chi connectivity index (χ1) is 8.95. The van der Waals surface area contributed by atoms with E-state index in [-0.39, 0.29) is 5.91 Å². The molecule has 100 valence electrons. The second-order valence-corrected chi connectivity index (χ2v) is 5.63. The molecule has 1 aromatic rings. The number of carbonyl (C=O) groups excluding carboxylic acids is 1. The fourth-order valence-electron chi connectivity index (χ4n) is 2.45. The molecule has 1 aliphatic heterocycles. The number of aromatic nitrogens is 1. The Morgan fingerprint density at radius 1 is 1.53 bits per heavy atom. The molecule has 2 heterocycles. The molecule has 0 aromatic carbocycles. The first-order valence-corrected chi connectivity index (χ1v) is 6.59. The Morgan fingerprint density at radius 3 is 2.89 bits per heavy atom. The van der Waals surface area contributed by atoms with Gasteiger partial charge in [-0.3, -0.25) is 9.78 Å². The number of rotatable bonds is 1. The topological polar surface area (TPSA) is 57.0 Å². The quantitative estimate of drug-likeness (QED) is 0.776. The Morgan fingerprint density at radius 2 is 2.26 bits per heavy atom. The lowest BCUT2D eigenvalue weighted by atomic mass is 9.83. The van der Waals surface area contributed by atoms with Crippen LogP contribution < -0.4 is 0 Å². The SMILES string of the molecule is Cc1cc(C(=O)N2CCC[C@@](C)(C#N)C2)cnc1C. The van der Waals surface area contributed by atoms with Gasteiger partial charge in [-0.1, -0.05) is 0 Å². The standard InChI is InChI=1S/C15H19N3O/c1-11-7-13(8-17-12(11)2)14(19)18-6-4-5-15(3,9-16)10-18/h7-8H,4-6,10H2,1-3H3/t15-/m0/s1. The van der Waals surface area contributed by atoms with Gasteiger partial charge in [-0.2, -0.15) is 5.26 Å². The summed E-state index contributed by atoms with van der Waals surface area (Å²) in [5.74, 6) is -0.0169. The Labute approximate surface area is 114 Å². The van der Waals surface area contributed by atoms with Crippen LogP contribution >= 0.6 is 0 Å². The summed E-state index contributed by atoms with van der Waals surface area (Å²) >= 11 is 0. The van der Waals surface area contributed by atoms with Gasteiger partial charge in [0.05, 0.1) is 17.0 Å². The lowest BCUT2D eigenvalue weighted by Crippen LogP contribution is -2.44. The Hall–Kier alpha value is -1.89. The van der Waals surface area contributed by atoms with Crippen LogP contribution in [-0.2, 0) is 0 Å². The van der Waals surface area contributed by atoms with Gasteiger partial charge in [0, 0.05) is 25.0 Å². The van der Waals surface area contributed by atoms with Gasteiger partial charge in [-0.25, -0.2) is 0 Å². The highest BCUT2D eigenvalue weighted by atomic mass is 16.2. The fourth-order valence-corrected chi connectivity index (χ4v) is 2.45. The number of nitriles is 1. The highest BCUT2D eigenvalue weighted by molar-refractivity contribution is 5.94. The first kappa shape index (κ1) is 13.5. The third kappa shape index (κ3) is 2.76. The molecular weight excluding hydrogens is 238 g/mol. The summed E-state index contributed by atoms with van der Waals surface area (Å²) in [6.07, 6.45) is 3.37. The largest absolute Gasteiger partial charge is 0.337 e. The number of hydrogen-bond acceptors (Lipinski definition) is 3. The summed E-state index contributed by atoms with van der Waals surface area (Å²) < 4.78 is 0. The van der Waals surface area contributed by atoms with Gasteiger partial charge in [0.15, 0.2) is 0 Å². The van der Waals surface area contributed by atoms with Crippen LogP contribution in [0.1, 0.15) is 41.4 Å². The van der Waals surface area contributed by atoms with E-state index in [4.69, 9.17) is 0 Å². The summed E-state index contributed by atoms with van der Waals surface area (Å²) in [5.41, 5.74) is 2.16. The van der Waals surface area contributed by atoms with E-state index < -0.39 is 5.41 Å². The molecule has 0 N–H and O–H groups in total. The molecule has 19 heavy (non-hydrogen) atoms. The van der Waals surface area contributed by atoms with Gasteiger partial charge in [-0.05, 0) is 45.2 Å². The van der Waals surface area contributed by atoms with E-state index in [0.717, 1.165) is 30.6 Å². The minimum atomic E-state index is -0.416. The number of nitrogens with zero attached hydrogens (tertiary/aromatic N) is 3. The first-order valence-electron chi connectivity index (χ1n) is 6.59. The molecule has 0 saturated carbocycles. The lowest BCUT2D eigenvalue weighted by molar-refractivity contribution is 0.0629. The summed E-state index contributed by atoms with van der Waals surface area (Å²) in [4.78, 5) is 18.5. The van der Waals surface area contributed by atoms with Crippen LogP contribution in [-0.4, -0.2) is 28.9 Å². The minimum Gasteiger partial charge on any atom is -0.337 e. The van der Waals surface area contributed by atoms with Gasteiger partial charge >= 0.3 is 0 Å². The number of aryl methyl sites for hydroxylation is 2. The van der Waals surface area contributed by atoms with E-state index in [1.807, 2.05) is 26.8 Å². The van der Waals surface area contributed by atoms with Crippen molar-refractivity contribution in [3.8, 4) is 6.07 Å². The monoisotopic (exact) mass is 257 g/mol. The zero-order valence-corrected chi connectivity index (χ0v) is 11.7. The fraction of sp³-hybridized carbons (Fsp3) is 0.533. The van der Waals surface area contributed by atoms with Crippen molar-refractivity contribution >= 4 is 5.91 Å². The second-order valence-electron chi connectivity index (χ2n) is 5.63. The van der Waals surface area contributed by atoms with Crippen molar-refractivity contribution in [2.75, 3.05) is 13.1 Å². The molecule has 1 amide bonds. The molecule has 0 aliphatic carbocycles. The number of likely N-dealkylation sites (tertiary alicyclic amines) is 1. The summed E-state index contributed by atoms with van der Waals surface area (Å²) in [5, 5.41) is 9.20. The Bertz CT molecular complexity index is 547. The number of pyridine rings is 1. The predicted octanol–water partition coefficient (Wildman–Crippen LogP) is 2.46. The zero-order valence-electron chi connectivity index (χ0n) is 11.7. The van der Waals surface area contributed by atoms with E-state index in [0.29, 0.717) is 12.1 Å². The predicted molar refractivity (Wildman–Crippen MR) is 72.6 cm³/mol. The third-order valence-electron chi connectivity index (χ3n) is 3.84. The van der Waals surface area contributed by atoms with Crippen molar-refractivity contribution in [1.29, 1.82) is 5.26 Å². The summed E-state index contributed by atoms with van der Waals surface area (Å²) in [6, 6.07) is 4.21.